The van der Waals surface area contributed by atoms with Gasteiger partial charge in [0.1, 0.15) is 11.4 Å². The number of aromatic nitrogens is 3. The molecule has 0 aliphatic rings. The molecule has 2 heterocycles. The largest absolute Gasteiger partial charge is 0.497 e. The number of ether oxygens (including phenoxy) is 1. The van der Waals surface area contributed by atoms with E-state index in [1.165, 1.54) is 14.0 Å². The van der Waals surface area contributed by atoms with Crippen molar-refractivity contribution in [2.75, 3.05) is 12.4 Å². The molecule has 35 heavy (non-hydrogen) atoms. The molecule has 0 fully saturated rings. The van der Waals surface area contributed by atoms with Crippen LogP contribution in [0.3, 0.4) is 0 Å². The molecule has 2 aromatic heterocycles. The second-order valence-corrected chi connectivity index (χ2v) is 7.71. The molecule has 0 aliphatic carbocycles. The Hall–Kier alpha value is -4.41. The maximum atomic E-state index is 13.9. The lowest BCUT2D eigenvalue weighted by Crippen LogP contribution is -2.19. The number of methoxy groups -OCH3 is 1. The highest BCUT2D eigenvalue weighted by atomic mass is 19.4. The number of alkyl halides is 3. The van der Waals surface area contributed by atoms with Gasteiger partial charge < -0.3 is 15.8 Å². The number of rotatable bonds is 6. The molecule has 2 amide bonds. The first kappa shape index (κ1) is 23.7. The molecule has 8 nitrogen and oxygen atoms in total. The Morgan fingerprint density at radius 2 is 1.86 bits per heavy atom. The number of nitrogens with one attached hydrogen (secondary N) is 1. The second-order valence-electron chi connectivity index (χ2n) is 7.71. The predicted molar refractivity (Wildman–Crippen MR) is 122 cm³/mol. The van der Waals surface area contributed by atoms with Crippen molar-refractivity contribution in [2.45, 2.75) is 19.6 Å². The number of hydrogen-bond donors (Lipinski definition) is 2. The van der Waals surface area contributed by atoms with E-state index in [2.05, 4.69) is 15.4 Å². The molecule has 0 unspecified atom stereocenters. The van der Waals surface area contributed by atoms with Crippen LogP contribution in [0.2, 0.25) is 0 Å². The lowest BCUT2D eigenvalue weighted by atomic mass is 10.1. The van der Waals surface area contributed by atoms with E-state index < -0.39 is 29.4 Å². The molecule has 3 N–H and O–H groups in total. The van der Waals surface area contributed by atoms with E-state index in [0.717, 1.165) is 10.7 Å². The Balaban J connectivity index is 1.76. The van der Waals surface area contributed by atoms with E-state index in [-0.39, 0.29) is 23.5 Å². The van der Waals surface area contributed by atoms with Crippen molar-refractivity contribution >= 4 is 28.4 Å². The molecule has 0 atom stereocenters. The standard InChI is InChI=1S/C24H20F3N5O3/c1-13-20(21(24(25,26)27)31-32(13)12-14-6-5-7-15(10-14)35-2)30-23(34)17-11-19(22(28)33)29-18-9-4-3-8-16(17)18/h3-11H,12H2,1-2H3,(H2,28,33)(H,30,34). The van der Waals surface area contributed by atoms with Gasteiger partial charge in [-0.3, -0.25) is 14.3 Å². The Bertz CT molecular complexity index is 1450. The molecular formula is C24H20F3N5O3. The van der Waals surface area contributed by atoms with Crippen LogP contribution >= 0.6 is 0 Å². The van der Waals surface area contributed by atoms with Crippen molar-refractivity contribution in [1.29, 1.82) is 0 Å². The molecule has 4 rings (SSSR count). The molecule has 0 spiro atoms. The van der Waals surface area contributed by atoms with Crippen LogP contribution in [0.15, 0.2) is 54.6 Å². The van der Waals surface area contributed by atoms with Gasteiger partial charge in [0.2, 0.25) is 0 Å². The minimum Gasteiger partial charge on any atom is -0.497 e. The van der Waals surface area contributed by atoms with Gasteiger partial charge in [-0.25, -0.2) is 4.98 Å². The van der Waals surface area contributed by atoms with Crippen molar-refractivity contribution in [3.63, 3.8) is 0 Å². The number of halogens is 3. The van der Waals surface area contributed by atoms with E-state index in [0.29, 0.717) is 22.2 Å². The van der Waals surface area contributed by atoms with Crippen molar-refractivity contribution in [3.05, 3.63) is 82.8 Å². The topological polar surface area (TPSA) is 112 Å². The highest BCUT2D eigenvalue weighted by Gasteiger charge is 2.39. The zero-order valence-electron chi connectivity index (χ0n) is 18.7. The van der Waals surface area contributed by atoms with Crippen LogP contribution in [0.25, 0.3) is 10.9 Å². The zero-order chi connectivity index (χ0) is 25.3. The summed E-state index contributed by atoms with van der Waals surface area (Å²) in [5.41, 5.74) is 4.44. The van der Waals surface area contributed by atoms with E-state index in [1.54, 1.807) is 48.5 Å². The van der Waals surface area contributed by atoms with Crippen LogP contribution in [0, 0.1) is 6.92 Å². The molecule has 180 valence electrons. The number of primary amides is 1. The number of fused-ring (bicyclic) bond motifs is 1. The fourth-order valence-corrected chi connectivity index (χ4v) is 3.66. The third-order valence-electron chi connectivity index (χ3n) is 5.39. The molecule has 0 aliphatic heterocycles. The summed E-state index contributed by atoms with van der Waals surface area (Å²) < 4.78 is 47.9. The molecule has 0 bridgehead atoms. The summed E-state index contributed by atoms with van der Waals surface area (Å²) in [7, 11) is 1.49. The molecule has 0 saturated heterocycles. The maximum absolute atomic E-state index is 13.9. The number of nitrogens with two attached hydrogens (primary N) is 1. The molecule has 0 saturated carbocycles. The van der Waals surface area contributed by atoms with Gasteiger partial charge in [0.05, 0.1) is 36.1 Å². The Morgan fingerprint density at radius 3 is 2.54 bits per heavy atom. The number of carbonyl (C=O) groups is 2. The van der Waals surface area contributed by atoms with Gasteiger partial charge in [-0.15, -0.1) is 0 Å². The monoisotopic (exact) mass is 483 g/mol. The summed E-state index contributed by atoms with van der Waals surface area (Å²) in [4.78, 5) is 29.0. The molecule has 11 heteroatoms. The van der Waals surface area contributed by atoms with Crippen molar-refractivity contribution in [3.8, 4) is 5.75 Å². The zero-order valence-corrected chi connectivity index (χ0v) is 18.7. The Kier molecular flexibility index (Phi) is 6.16. The number of para-hydroxylation sites is 1. The SMILES string of the molecule is COc1cccc(Cn2nc(C(F)(F)F)c(NC(=O)c3cc(C(N)=O)nc4ccccc34)c2C)c1. The van der Waals surface area contributed by atoms with Crippen LogP contribution in [0.4, 0.5) is 18.9 Å². The number of carbonyl (C=O) groups excluding carboxylic acids is 2. The highest BCUT2D eigenvalue weighted by Crippen LogP contribution is 2.36. The number of anilines is 1. The van der Waals surface area contributed by atoms with Gasteiger partial charge in [0, 0.05) is 5.39 Å². The van der Waals surface area contributed by atoms with Gasteiger partial charge in [-0.2, -0.15) is 18.3 Å². The highest BCUT2D eigenvalue weighted by molar-refractivity contribution is 6.14. The molecule has 0 radical (unpaired) electrons. The average Bonchev–Trinajstić information content (AvgIpc) is 3.13. The minimum atomic E-state index is -4.83. The third-order valence-corrected chi connectivity index (χ3v) is 5.39. The normalized spacial score (nSPS) is 11.5. The first-order valence-electron chi connectivity index (χ1n) is 10.4. The van der Waals surface area contributed by atoms with Crippen molar-refractivity contribution in [2.24, 2.45) is 5.73 Å². The minimum absolute atomic E-state index is 0.0198. The lowest BCUT2D eigenvalue weighted by Gasteiger charge is -2.11. The van der Waals surface area contributed by atoms with Crippen LogP contribution in [-0.2, 0) is 12.7 Å². The first-order chi connectivity index (χ1) is 16.6. The van der Waals surface area contributed by atoms with Gasteiger partial charge in [0.25, 0.3) is 11.8 Å². The number of amides is 2. The molecule has 2 aromatic carbocycles. The Morgan fingerprint density at radius 1 is 1.11 bits per heavy atom. The van der Waals surface area contributed by atoms with Gasteiger partial charge >= 0.3 is 6.18 Å². The van der Waals surface area contributed by atoms with E-state index in [9.17, 15) is 22.8 Å². The Labute approximate surface area is 197 Å². The van der Waals surface area contributed by atoms with Crippen molar-refractivity contribution < 1.29 is 27.5 Å². The fraction of sp³-hybridized carbons (Fsp3) is 0.167. The van der Waals surface area contributed by atoms with Gasteiger partial charge in [-0.05, 0) is 36.8 Å². The smallest absolute Gasteiger partial charge is 0.437 e. The van der Waals surface area contributed by atoms with E-state index >= 15 is 0 Å². The quantitative estimate of drug-likeness (QED) is 0.428. The summed E-state index contributed by atoms with van der Waals surface area (Å²) in [6.45, 7) is 1.45. The van der Waals surface area contributed by atoms with Gasteiger partial charge in [0.15, 0.2) is 5.69 Å². The predicted octanol–water partition coefficient (Wildman–Crippen LogP) is 4.17. The maximum Gasteiger partial charge on any atom is 0.437 e. The van der Waals surface area contributed by atoms with E-state index in [1.807, 2.05) is 0 Å². The van der Waals surface area contributed by atoms with E-state index in [4.69, 9.17) is 10.5 Å². The summed E-state index contributed by atoms with van der Waals surface area (Å²) in [5, 5.41) is 6.43. The summed E-state index contributed by atoms with van der Waals surface area (Å²) in [6.07, 6.45) is -4.83. The van der Waals surface area contributed by atoms with Crippen molar-refractivity contribution in [1.82, 2.24) is 14.8 Å². The number of benzene rings is 2. The summed E-state index contributed by atoms with van der Waals surface area (Å²) in [5.74, 6) is -1.18. The van der Waals surface area contributed by atoms with Crippen LogP contribution in [0.5, 0.6) is 5.75 Å². The van der Waals surface area contributed by atoms with Crippen LogP contribution in [-0.4, -0.2) is 33.7 Å². The first-order valence-corrected chi connectivity index (χ1v) is 10.4. The summed E-state index contributed by atoms with van der Waals surface area (Å²) in [6, 6.07) is 14.4. The fourth-order valence-electron chi connectivity index (χ4n) is 3.66. The number of pyridine rings is 1. The molecular weight excluding hydrogens is 463 g/mol. The average molecular weight is 483 g/mol. The number of hydrogen-bond acceptors (Lipinski definition) is 5. The van der Waals surface area contributed by atoms with Crippen LogP contribution in [0.1, 0.15) is 37.8 Å². The van der Waals surface area contributed by atoms with Gasteiger partial charge in [-0.1, -0.05) is 30.3 Å². The summed E-state index contributed by atoms with van der Waals surface area (Å²) >= 11 is 0. The third kappa shape index (κ3) is 4.79. The van der Waals surface area contributed by atoms with Crippen LogP contribution < -0.4 is 15.8 Å². The molecule has 4 aromatic rings. The second kappa shape index (κ2) is 9.09. The lowest BCUT2D eigenvalue weighted by molar-refractivity contribution is -0.140. The number of nitrogens with zero attached hydrogens (tertiary/aromatic N) is 3.